The van der Waals surface area contributed by atoms with Crippen LogP contribution < -0.4 is 29.4 Å². The Morgan fingerprint density at radius 1 is 0.109 bits per heavy atom. The molecular weight excluding hydrogens is 1660 g/mol. The number of fused-ring (bicyclic) bond motifs is 2. The van der Waals surface area contributed by atoms with Crippen molar-refractivity contribution in [1.82, 2.24) is 0 Å². The average molecular weight is 1760 g/mol. The molecule has 0 N–H and O–H groups in total. The Morgan fingerprint density at radius 2 is 0.270 bits per heavy atom. The number of rotatable bonds is 23. The summed E-state index contributed by atoms with van der Waals surface area (Å²) in [4.78, 5) is 13.7. The van der Waals surface area contributed by atoms with Crippen LogP contribution in [0.15, 0.2) is 564 Å². The molecule has 0 aliphatic rings. The first kappa shape index (κ1) is 87.2. The lowest BCUT2D eigenvalue weighted by atomic mass is 9.99. The predicted molar refractivity (Wildman–Crippen MR) is 585 cm³/mol. The maximum Gasteiger partial charge on any atom is 0.0567 e. The molecule has 0 aliphatic heterocycles. The smallest absolute Gasteiger partial charge is 0.0567 e. The molecule has 0 amide bonds. The molecule has 0 unspecified atom stereocenters. The molecule has 0 heterocycles. The molecule has 0 atom stereocenters. The summed E-state index contributed by atoms with van der Waals surface area (Å²) in [5.41, 5.74) is 36.4. The van der Waals surface area contributed by atoms with Crippen LogP contribution in [0, 0.1) is 0 Å². The Morgan fingerprint density at radius 3 is 0.511 bits per heavy atom. The van der Waals surface area contributed by atoms with E-state index in [0.717, 1.165) is 79.6 Å². The number of anilines is 15. The first-order chi connectivity index (χ1) is 67.7. The van der Waals surface area contributed by atoms with Crippen molar-refractivity contribution < 1.29 is 0 Å². The van der Waals surface area contributed by atoms with Crippen molar-refractivity contribution in [2.45, 2.75) is 0 Å². The van der Waals surface area contributed by atoms with Gasteiger partial charge in [-0.05, 0) is 276 Å². The molecule has 0 fully saturated rings. The van der Waals surface area contributed by atoms with Crippen LogP contribution in [0.2, 0.25) is 0 Å². The van der Waals surface area contributed by atoms with Crippen LogP contribution in [0.4, 0.5) is 85.3 Å². The van der Waals surface area contributed by atoms with Gasteiger partial charge >= 0.3 is 0 Å². The summed E-state index contributed by atoms with van der Waals surface area (Å²) < 4.78 is 0. The molecule has 0 aliphatic carbocycles. The zero-order chi connectivity index (χ0) is 92.4. The van der Waals surface area contributed by atoms with E-state index in [4.69, 9.17) is 0 Å². The second kappa shape index (κ2) is 41.3. The number of hydrogen-bond donors (Lipinski definition) is 0. The van der Waals surface area contributed by atoms with E-state index >= 15 is 0 Å². The van der Waals surface area contributed by atoms with Crippen LogP contribution in [-0.2, 0) is 0 Å². The molecule has 137 heavy (non-hydrogen) atoms. The van der Waals surface area contributed by atoms with Gasteiger partial charge in [0.1, 0.15) is 0 Å². The molecule has 22 rings (SSSR count). The highest BCUT2D eigenvalue weighted by Crippen LogP contribution is 2.45. The third kappa shape index (κ3) is 20.0. The van der Waals surface area contributed by atoms with E-state index in [9.17, 15) is 0 Å². The molecule has 22 aromatic carbocycles. The van der Waals surface area contributed by atoms with Crippen molar-refractivity contribution >= 4 is 107 Å². The molecule has 0 saturated carbocycles. The third-order valence-corrected chi connectivity index (χ3v) is 25.7. The van der Waals surface area contributed by atoms with Gasteiger partial charge in [0, 0.05) is 112 Å². The van der Waals surface area contributed by atoms with E-state index < -0.39 is 0 Å². The van der Waals surface area contributed by atoms with E-state index in [-0.39, 0.29) is 0 Å². The van der Waals surface area contributed by atoms with Gasteiger partial charge in [-0.2, -0.15) is 0 Å². The topological polar surface area (TPSA) is 19.4 Å². The Labute approximate surface area is 805 Å². The summed E-state index contributed by atoms with van der Waals surface area (Å²) in [6.07, 6.45) is 0. The monoisotopic (exact) mass is 1760 g/mol. The van der Waals surface area contributed by atoms with Crippen molar-refractivity contribution in [3.63, 3.8) is 0 Å². The molecule has 0 saturated heterocycles. The quantitative estimate of drug-likeness (QED) is 0.0590. The fourth-order valence-corrected chi connectivity index (χ4v) is 18.2. The summed E-state index contributed by atoms with van der Waals surface area (Å²) in [5.74, 6) is 0. The van der Waals surface area contributed by atoms with Gasteiger partial charge in [-0.3, -0.25) is 0 Å². The van der Waals surface area contributed by atoms with Crippen LogP contribution in [0.3, 0.4) is 0 Å². The largest absolute Gasteiger partial charge is 0.345 e. The number of benzene rings is 22. The molecule has 0 bridgehead atoms. The normalized spacial score (nSPS) is 10.9. The second-order valence-corrected chi connectivity index (χ2v) is 34.2. The van der Waals surface area contributed by atoms with E-state index in [1.165, 1.54) is 116 Å². The standard InChI is InChI=1S/C45H34N2.2C43H34N2/c1-46(45-43-18-10-8-14-37(43)32-38-15-9-11-19-44(38)45)39-26-20-35(21-27-39)36-24-30-42(31-25-36)47(40-16-6-3-7-17-40)41-28-22-34(23-29-41)33-12-4-2-5-13-33;1-44(43-19-11-16-38(32-43)34-14-7-3-8-15-34)39-26-20-36(21-27-39)37-24-30-42(31-25-37)45(40-17-9-4-10-18-40)41-28-22-35(23-29-41)33-12-5-2-6-13-33;1-44(39-25-17-35(18-26-39)33-11-5-2-6-12-33)40-27-19-37(20-28-40)38-23-31-43(32-24-38)45(41-15-9-4-10-16-41)42-29-21-36(22-30-42)34-13-7-3-8-14-34/h2-32H,1H3;2*2-32H,1H3. The van der Waals surface area contributed by atoms with Crippen molar-refractivity contribution in [2.75, 3.05) is 50.5 Å². The maximum absolute atomic E-state index is 2.32. The molecule has 22 aromatic rings. The average Bonchev–Trinajstić information content (AvgIpc) is 0.758. The van der Waals surface area contributed by atoms with Crippen LogP contribution in [-0.4, -0.2) is 21.1 Å². The fourth-order valence-electron chi connectivity index (χ4n) is 18.2. The van der Waals surface area contributed by atoms with Gasteiger partial charge in [0.05, 0.1) is 5.69 Å². The fraction of sp³-hybridized carbons (Fsp3) is 0.0229. The van der Waals surface area contributed by atoms with Crippen molar-refractivity contribution in [2.24, 2.45) is 0 Å². The van der Waals surface area contributed by atoms with E-state index in [1.807, 2.05) is 0 Å². The SMILES string of the molecule is CN(c1ccc(-c2ccc(N(c3ccccc3)c3ccc(-c4ccccc4)cc3)cc2)cc1)c1c2ccccc2cc2ccccc12.CN(c1ccc(-c2ccc(N(c3ccccc3)c3ccc(-c4ccccc4)cc3)cc2)cc1)c1cccc(-c2ccccc2)c1.CN(c1ccc(-c2ccccc2)cc1)c1ccc(-c2ccc(N(c3ccccc3)c3ccc(-c4ccccc4)cc3)cc2)cc1. The Balaban J connectivity index is 0.000000127. The van der Waals surface area contributed by atoms with Gasteiger partial charge in [-0.25, -0.2) is 0 Å². The third-order valence-electron chi connectivity index (χ3n) is 25.7. The summed E-state index contributed by atoms with van der Waals surface area (Å²) in [6, 6.07) is 201. The van der Waals surface area contributed by atoms with Crippen LogP contribution in [0.5, 0.6) is 0 Å². The van der Waals surface area contributed by atoms with Crippen molar-refractivity contribution in [3.8, 4) is 89.0 Å². The number of nitrogens with zero attached hydrogens (tertiary/aromatic N) is 6. The van der Waals surface area contributed by atoms with Crippen LogP contribution in [0.25, 0.3) is 111 Å². The Bertz CT molecular complexity index is 7610. The predicted octanol–water partition coefficient (Wildman–Crippen LogP) is 36.4. The van der Waals surface area contributed by atoms with Gasteiger partial charge in [-0.1, -0.05) is 388 Å². The summed E-state index contributed by atoms with van der Waals surface area (Å²) in [6.45, 7) is 0. The minimum absolute atomic E-state index is 1.12. The molecule has 0 radical (unpaired) electrons. The van der Waals surface area contributed by atoms with Gasteiger partial charge < -0.3 is 29.4 Å². The van der Waals surface area contributed by atoms with Gasteiger partial charge in [-0.15, -0.1) is 0 Å². The first-order valence-corrected chi connectivity index (χ1v) is 46.7. The summed E-state index contributed by atoms with van der Waals surface area (Å²) in [5, 5.41) is 5.01. The summed E-state index contributed by atoms with van der Waals surface area (Å²) in [7, 11) is 6.41. The van der Waals surface area contributed by atoms with Gasteiger partial charge in [0.15, 0.2) is 0 Å². The lowest BCUT2D eigenvalue weighted by molar-refractivity contribution is 1.21. The maximum atomic E-state index is 2.32. The lowest BCUT2D eigenvalue weighted by Gasteiger charge is -2.26. The zero-order valence-corrected chi connectivity index (χ0v) is 76.9. The van der Waals surface area contributed by atoms with Crippen LogP contribution in [0.1, 0.15) is 0 Å². The Hall–Kier alpha value is -17.8. The van der Waals surface area contributed by atoms with E-state index in [1.54, 1.807) is 0 Å². The van der Waals surface area contributed by atoms with E-state index in [0.29, 0.717) is 0 Å². The van der Waals surface area contributed by atoms with Crippen molar-refractivity contribution in [3.05, 3.63) is 564 Å². The molecular formula is C131H102N6. The number of hydrogen-bond acceptors (Lipinski definition) is 6. The second-order valence-electron chi connectivity index (χ2n) is 34.2. The lowest BCUT2D eigenvalue weighted by Crippen LogP contribution is -2.10. The minimum atomic E-state index is 1.12. The molecule has 0 aromatic heterocycles. The highest BCUT2D eigenvalue weighted by Gasteiger charge is 2.21. The number of para-hydroxylation sites is 3. The molecule has 656 valence electrons. The molecule has 6 heteroatoms. The minimum Gasteiger partial charge on any atom is -0.345 e. The Kier molecular flexibility index (Phi) is 26.3. The van der Waals surface area contributed by atoms with Gasteiger partial charge in [0.25, 0.3) is 0 Å². The van der Waals surface area contributed by atoms with Crippen molar-refractivity contribution in [1.29, 1.82) is 0 Å². The van der Waals surface area contributed by atoms with Gasteiger partial charge in [0.2, 0.25) is 0 Å². The highest BCUT2D eigenvalue weighted by molar-refractivity contribution is 6.12. The molecule has 0 spiro atoms. The first-order valence-electron chi connectivity index (χ1n) is 46.7. The van der Waals surface area contributed by atoms with E-state index in [2.05, 4.69) is 615 Å². The van der Waals surface area contributed by atoms with Crippen LogP contribution >= 0.6 is 0 Å². The zero-order valence-electron chi connectivity index (χ0n) is 76.9. The highest BCUT2D eigenvalue weighted by atomic mass is 15.2. The molecule has 6 nitrogen and oxygen atoms in total. The summed E-state index contributed by atoms with van der Waals surface area (Å²) >= 11 is 0.